The topological polar surface area (TPSA) is 75.6 Å². The van der Waals surface area contributed by atoms with E-state index in [2.05, 4.69) is 4.72 Å². The summed E-state index contributed by atoms with van der Waals surface area (Å²) >= 11 is 0. The van der Waals surface area contributed by atoms with Crippen LogP contribution in [0.2, 0.25) is 0 Å². The molecule has 0 amide bonds. The fourth-order valence-electron chi connectivity index (χ4n) is 2.81. The molecule has 2 aromatic rings. The third kappa shape index (κ3) is 4.14. The highest BCUT2D eigenvalue weighted by Crippen LogP contribution is 2.28. The molecule has 0 radical (unpaired) electrons. The lowest BCUT2D eigenvalue weighted by Gasteiger charge is -2.14. The van der Waals surface area contributed by atoms with Gasteiger partial charge in [0.1, 0.15) is 5.75 Å². The Morgan fingerprint density at radius 3 is 2.88 bits per heavy atom. The van der Waals surface area contributed by atoms with Crippen molar-refractivity contribution in [2.75, 3.05) is 13.2 Å². The molecule has 0 fully saturated rings. The van der Waals surface area contributed by atoms with Crippen molar-refractivity contribution in [3.8, 4) is 5.75 Å². The zero-order valence-corrected chi connectivity index (χ0v) is 14.3. The molecule has 0 saturated carbocycles. The van der Waals surface area contributed by atoms with Gasteiger partial charge in [-0.2, -0.15) is 0 Å². The molecule has 0 unspecified atom stereocenters. The highest BCUT2D eigenvalue weighted by molar-refractivity contribution is 7.88. The van der Waals surface area contributed by atoms with Gasteiger partial charge in [0.05, 0.1) is 18.5 Å². The second-order valence-corrected chi connectivity index (χ2v) is 7.88. The largest absolute Gasteiger partial charge is 0.493 e. The third-order valence-corrected chi connectivity index (χ3v) is 5.35. The molecule has 0 saturated heterocycles. The zero-order chi connectivity index (χ0) is 17.2. The molecule has 1 aliphatic heterocycles. The van der Waals surface area contributed by atoms with Gasteiger partial charge >= 0.3 is 0 Å². The Morgan fingerprint density at radius 2 is 2.08 bits per heavy atom. The second-order valence-electron chi connectivity index (χ2n) is 6.08. The maximum atomic E-state index is 12.2. The van der Waals surface area contributed by atoms with Gasteiger partial charge < -0.3 is 9.84 Å². The summed E-state index contributed by atoms with van der Waals surface area (Å²) in [6, 6.07) is 12.8. The van der Waals surface area contributed by atoms with Gasteiger partial charge in [0, 0.05) is 13.0 Å². The third-order valence-electron chi connectivity index (χ3n) is 4.03. The molecule has 128 valence electrons. The highest BCUT2D eigenvalue weighted by atomic mass is 32.2. The molecule has 24 heavy (non-hydrogen) atoms. The summed E-state index contributed by atoms with van der Waals surface area (Å²) in [4.78, 5) is 0. The lowest BCUT2D eigenvalue weighted by molar-refractivity contribution is 0.182. The first-order chi connectivity index (χ1) is 11.4. The first-order valence-corrected chi connectivity index (χ1v) is 9.55. The van der Waals surface area contributed by atoms with Crippen LogP contribution in [0.5, 0.6) is 5.75 Å². The van der Waals surface area contributed by atoms with Crippen LogP contribution in [0.1, 0.15) is 28.4 Å². The van der Waals surface area contributed by atoms with Crippen LogP contribution in [-0.4, -0.2) is 26.7 Å². The molecule has 0 spiro atoms. The van der Waals surface area contributed by atoms with Gasteiger partial charge in [0.15, 0.2) is 0 Å². The predicted octanol–water partition coefficient (Wildman–Crippen LogP) is 2.08. The summed E-state index contributed by atoms with van der Waals surface area (Å²) in [6.45, 7) is 2.52. The normalized spacial score (nSPS) is 14.9. The van der Waals surface area contributed by atoms with Crippen molar-refractivity contribution in [1.82, 2.24) is 4.72 Å². The first-order valence-electron chi connectivity index (χ1n) is 7.89. The zero-order valence-electron chi connectivity index (χ0n) is 13.5. The van der Waals surface area contributed by atoms with Crippen molar-refractivity contribution < 1.29 is 18.3 Å². The summed E-state index contributed by atoms with van der Waals surface area (Å²) < 4.78 is 32.3. The molecule has 1 heterocycles. The standard InChI is InChI=1S/C18H21NO4S/c1-13-3-2-4-14(9-13)12-24(21,22)19-11-17(20)15-5-6-18-16(10-15)7-8-23-18/h2-6,9-10,17,19-20H,7-8,11-12H2,1H3/t17-/m0/s1. The van der Waals surface area contributed by atoms with Crippen LogP contribution in [0.3, 0.4) is 0 Å². The molecule has 3 rings (SSSR count). The van der Waals surface area contributed by atoms with Crippen LogP contribution in [0.4, 0.5) is 0 Å². The number of ether oxygens (including phenoxy) is 1. The van der Waals surface area contributed by atoms with Crippen molar-refractivity contribution in [2.45, 2.75) is 25.2 Å². The van der Waals surface area contributed by atoms with E-state index in [1.807, 2.05) is 37.3 Å². The molecule has 0 bridgehead atoms. The number of fused-ring (bicyclic) bond motifs is 1. The minimum atomic E-state index is -3.50. The predicted molar refractivity (Wildman–Crippen MR) is 92.4 cm³/mol. The molecular weight excluding hydrogens is 326 g/mol. The molecule has 2 aromatic carbocycles. The molecule has 1 atom stereocenters. The van der Waals surface area contributed by atoms with E-state index in [1.54, 1.807) is 12.1 Å². The Labute approximate surface area is 142 Å². The van der Waals surface area contributed by atoms with Crippen LogP contribution >= 0.6 is 0 Å². The number of aliphatic hydroxyl groups is 1. The van der Waals surface area contributed by atoms with Crippen molar-refractivity contribution in [3.05, 3.63) is 64.7 Å². The van der Waals surface area contributed by atoms with E-state index in [0.29, 0.717) is 12.2 Å². The van der Waals surface area contributed by atoms with Crippen LogP contribution in [0.25, 0.3) is 0 Å². The van der Waals surface area contributed by atoms with E-state index in [-0.39, 0.29) is 12.3 Å². The number of aliphatic hydroxyl groups excluding tert-OH is 1. The molecule has 6 heteroatoms. The van der Waals surface area contributed by atoms with Gasteiger partial charge in [-0.25, -0.2) is 13.1 Å². The molecular formula is C18H21NO4S. The van der Waals surface area contributed by atoms with Crippen LogP contribution in [0, 0.1) is 6.92 Å². The fourth-order valence-corrected chi connectivity index (χ4v) is 3.94. The average Bonchev–Trinajstić information content (AvgIpc) is 2.99. The maximum Gasteiger partial charge on any atom is 0.215 e. The minimum absolute atomic E-state index is 0.0478. The second kappa shape index (κ2) is 6.93. The fraction of sp³-hybridized carbons (Fsp3) is 0.333. The minimum Gasteiger partial charge on any atom is -0.493 e. The summed E-state index contributed by atoms with van der Waals surface area (Å²) in [5.41, 5.74) is 3.49. The van der Waals surface area contributed by atoms with Crippen molar-refractivity contribution in [2.24, 2.45) is 0 Å². The van der Waals surface area contributed by atoms with E-state index in [9.17, 15) is 13.5 Å². The van der Waals surface area contributed by atoms with Crippen LogP contribution in [0.15, 0.2) is 42.5 Å². The Kier molecular flexibility index (Phi) is 4.89. The average molecular weight is 347 g/mol. The number of aryl methyl sites for hydroxylation is 1. The Balaban J connectivity index is 1.61. The Morgan fingerprint density at radius 1 is 1.25 bits per heavy atom. The Bertz CT molecular complexity index is 833. The number of hydrogen-bond donors (Lipinski definition) is 2. The number of hydrogen-bond acceptors (Lipinski definition) is 4. The van der Waals surface area contributed by atoms with Crippen molar-refractivity contribution in [3.63, 3.8) is 0 Å². The van der Waals surface area contributed by atoms with Crippen molar-refractivity contribution in [1.29, 1.82) is 0 Å². The molecule has 2 N–H and O–H groups in total. The van der Waals surface area contributed by atoms with Gasteiger partial charge in [-0.15, -0.1) is 0 Å². The van der Waals surface area contributed by atoms with Gasteiger partial charge in [0.2, 0.25) is 10.0 Å². The van der Waals surface area contributed by atoms with Gasteiger partial charge in [0.25, 0.3) is 0 Å². The summed E-state index contributed by atoms with van der Waals surface area (Å²) in [5.74, 6) is 0.741. The van der Waals surface area contributed by atoms with Crippen LogP contribution in [-0.2, 0) is 22.2 Å². The summed E-state index contributed by atoms with van der Waals surface area (Å²) in [6.07, 6.45) is -0.0715. The number of nitrogens with one attached hydrogen (secondary N) is 1. The van der Waals surface area contributed by atoms with Crippen molar-refractivity contribution >= 4 is 10.0 Å². The first kappa shape index (κ1) is 17.0. The monoisotopic (exact) mass is 347 g/mol. The van der Waals surface area contributed by atoms with E-state index in [4.69, 9.17) is 4.74 Å². The Hall–Kier alpha value is -1.89. The summed E-state index contributed by atoms with van der Waals surface area (Å²) in [7, 11) is -3.50. The number of rotatable bonds is 6. The summed E-state index contributed by atoms with van der Waals surface area (Å²) in [5, 5.41) is 10.3. The SMILES string of the molecule is Cc1cccc(CS(=O)(=O)NC[C@H](O)c2ccc3c(c2)CCO3)c1. The van der Waals surface area contributed by atoms with Crippen LogP contribution < -0.4 is 9.46 Å². The van der Waals surface area contributed by atoms with Gasteiger partial charge in [-0.1, -0.05) is 35.9 Å². The molecule has 0 aliphatic carbocycles. The van der Waals surface area contributed by atoms with Gasteiger partial charge in [-0.3, -0.25) is 0 Å². The molecule has 1 aliphatic rings. The number of benzene rings is 2. The maximum absolute atomic E-state index is 12.2. The lowest BCUT2D eigenvalue weighted by atomic mass is 10.0. The molecule has 0 aromatic heterocycles. The van der Waals surface area contributed by atoms with E-state index >= 15 is 0 Å². The molecule has 5 nitrogen and oxygen atoms in total. The number of sulfonamides is 1. The van der Waals surface area contributed by atoms with E-state index in [1.165, 1.54) is 0 Å². The van der Waals surface area contributed by atoms with E-state index in [0.717, 1.165) is 28.9 Å². The lowest BCUT2D eigenvalue weighted by Crippen LogP contribution is -2.29. The highest BCUT2D eigenvalue weighted by Gasteiger charge is 2.18. The quantitative estimate of drug-likeness (QED) is 0.839. The smallest absolute Gasteiger partial charge is 0.215 e. The van der Waals surface area contributed by atoms with Gasteiger partial charge in [-0.05, 0) is 35.7 Å². The van der Waals surface area contributed by atoms with E-state index < -0.39 is 16.1 Å².